The van der Waals surface area contributed by atoms with Crippen molar-refractivity contribution >= 4 is 11.3 Å². The van der Waals surface area contributed by atoms with Gasteiger partial charge in [0, 0.05) is 24.7 Å². The SMILES string of the molecule is COCCNC(c1nc(C)cs1)C(C)(C)C. The first-order valence-electron chi connectivity index (χ1n) is 5.59. The van der Waals surface area contributed by atoms with Crippen LogP contribution in [0.4, 0.5) is 0 Å². The molecule has 92 valence electrons. The number of hydrogen-bond donors (Lipinski definition) is 1. The van der Waals surface area contributed by atoms with E-state index in [-0.39, 0.29) is 5.41 Å². The van der Waals surface area contributed by atoms with Gasteiger partial charge >= 0.3 is 0 Å². The van der Waals surface area contributed by atoms with Crippen LogP contribution in [-0.4, -0.2) is 25.2 Å². The van der Waals surface area contributed by atoms with E-state index in [1.807, 2.05) is 6.92 Å². The van der Waals surface area contributed by atoms with Crippen molar-refractivity contribution in [1.82, 2.24) is 10.3 Å². The summed E-state index contributed by atoms with van der Waals surface area (Å²) in [6.45, 7) is 10.3. The lowest BCUT2D eigenvalue weighted by atomic mass is 9.87. The molecule has 0 aliphatic rings. The van der Waals surface area contributed by atoms with Crippen LogP contribution >= 0.6 is 11.3 Å². The molecule has 0 spiro atoms. The van der Waals surface area contributed by atoms with Crippen molar-refractivity contribution in [3.05, 3.63) is 16.1 Å². The molecule has 1 aromatic heterocycles. The van der Waals surface area contributed by atoms with E-state index in [1.165, 1.54) is 5.01 Å². The minimum absolute atomic E-state index is 0.165. The van der Waals surface area contributed by atoms with Crippen LogP contribution in [0.1, 0.15) is 37.5 Å². The lowest BCUT2D eigenvalue weighted by Gasteiger charge is -2.30. The third-order valence-corrected chi connectivity index (χ3v) is 3.43. The molecule has 0 aliphatic carbocycles. The second kappa shape index (κ2) is 5.75. The highest BCUT2D eigenvalue weighted by atomic mass is 32.1. The van der Waals surface area contributed by atoms with E-state index in [1.54, 1.807) is 18.4 Å². The predicted molar refractivity (Wildman–Crippen MR) is 68.9 cm³/mol. The number of nitrogens with zero attached hydrogens (tertiary/aromatic N) is 1. The smallest absolute Gasteiger partial charge is 0.110 e. The van der Waals surface area contributed by atoms with E-state index in [9.17, 15) is 0 Å². The average Bonchev–Trinajstić information content (AvgIpc) is 2.57. The molecule has 0 amide bonds. The minimum atomic E-state index is 0.165. The monoisotopic (exact) mass is 242 g/mol. The summed E-state index contributed by atoms with van der Waals surface area (Å²) < 4.78 is 5.07. The van der Waals surface area contributed by atoms with Gasteiger partial charge < -0.3 is 10.1 Å². The fourth-order valence-electron chi connectivity index (χ4n) is 1.57. The lowest BCUT2D eigenvalue weighted by Crippen LogP contribution is -2.34. The first kappa shape index (κ1) is 13.6. The lowest BCUT2D eigenvalue weighted by molar-refractivity contribution is 0.181. The van der Waals surface area contributed by atoms with Gasteiger partial charge in [0.1, 0.15) is 5.01 Å². The molecule has 0 aromatic carbocycles. The van der Waals surface area contributed by atoms with Crippen LogP contribution in [0.25, 0.3) is 0 Å². The maximum Gasteiger partial charge on any atom is 0.110 e. The Labute approximate surface area is 102 Å². The minimum Gasteiger partial charge on any atom is -0.383 e. The molecular weight excluding hydrogens is 220 g/mol. The third-order valence-electron chi connectivity index (χ3n) is 2.40. The van der Waals surface area contributed by atoms with Gasteiger partial charge in [0.05, 0.1) is 12.6 Å². The maximum atomic E-state index is 5.07. The number of rotatable bonds is 5. The largest absolute Gasteiger partial charge is 0.383 e. The van der Waals surface area contributed by atoms with E-state index >= 15 is 0 Å². The van der Waals surface area contributed by atoms with Crippen LogP contribution < -0.4 is 5.32 Å². The molecular formula is C12H22N2OS. The van der Waals surface area contributed by atoms with Gasteiger partial charge in [-0.05, 0) is 12.3 Å². The Kier molecular flexibility index (Phi) is 4.89. The van der Waals surface area contributed by atoms with Gasteiger partial charge in [0.2, 0.25) is 0 Å². The second-order valence-corrected chi connectivity index (χ2v) is 5.96. The Hall–Kier alpha value is -0.450. The van der Waals surface area contributed by atoms with Gasteiger partial charge in [-0.2, -0.15) is 0 Å². The molecule has 1 N–H and O–H groups in total. The summed E-state index contributed by atoms with van der Waals surface area (Å²) in [5, 5.41) is 6.78. The Bertz CT molecular complexity index is 317. The first-order chi connectivity index (χ1) is 7.45. The fourth-order valence-corrected chi connectivity index (χ4v) is 2.69. The molecule has 1 rings (SSSR count). The zero-order valence-electron chi connectivity index (χ0n) is 10.8. The van der Waals surface area contributed by atoms with Crippen molar-refractivity contribution < 1.29 is 4.74 Å². The fraction of sp³-hybridized carbons (Fsp3) is 0.750. The van der Waals surface area contributed by atoms with Gasteiger partial charge in [0.25, 0.3) is 0 Å². The molecule has 4 heteroatoms. The summed E-state index contributed by atoms with van der Waals surface area (Å²) in [5.74, 6) is 0. The maximum absolute atomic E-state index is 5.07. The standard InChI is InChI=1S/C12H22N2OS/c1-9-8-16-11(14-9)10(12(2,3)4)13-6-7-15-5/h8,10,13H,6-7H2,1-5H3. The van der Waals surface area contributed by atoms with Crippen molar-refractivity contribution in [2.75, 3.05) is 20.3 Å². The molecule has 1 unspecified atom stereocenters. The van der Waals surface area contributed by atoms with Gasteiger partial charge in [-0.15, -0.1) is 11.3 Å². The zero-order chi connectivity index (χ0) is 12.2. The molecule has 0 saturated heterocycles. The molecule has 0 saturated carbocycles. The second-order valence-electron chi connectivity index (χ2n) is 5.07. The number of hydrogen-bond acceptors (Lipinski definition) is 4. The predicted octanol–water partition coefficient (Wildman–Crippen LogP) is 2.77. The molecule has 1 heterocycles. The molecule has 0 radical (unpaired) electrons. The number of aromatic nitrogens is 1. The normalized spacial score (nSPS) is 14.1. The highest BCUT2D eigenvalue weighted by Gasteiger charge is 2.27. The van der Waals surface area contributed by atoms with Crippen LogP contribution in [0.5, 0.6) is 0 Å². The third kappa shape index (κ3) is 3.85. The van der Waals surface area contributed by atoms with Gasteiger partial charge in [-0.1, -0.05) is 20.8 Å². The van der Waals surface area contributed by atoms with Crippen molar-refractivity contribution in [2.45, 2.75) is 33.7 Å². The topological polar surface area (TPSA) is 34.1 Å². The molecule has 0 fully saturated rings. The Balaban J connectivity index is 2.72. The van der Waals surface area contributed by atoms with Gasteiger partial charge in [0.15, 0.2) is 0 Å². The first-order valence-corrected chi connectivity index (χ1v) is 6.47. The summed E-state index contributed by atoms with van der Waals surface area (Å²) in [6.07, 6.45) is 0. The van der Waals surface area contributed by atoms with Crippen molar-refractivity contribution in [1.29, 1.82) is 0 Å². The molecule has 16 heavy (non-hydrogen) atoms. The van der Waals surface area contributed by atoms with E-state index in [2.05, 4.69) is 36.5 Å². The highest BCUT2D eigenvalue weighted by Crippen LogP contribution is 2.34. The summed E-state index contributed by atoms with van der Waals surface area (Å²) in [5.41, 5.74) is 1.26. The number of aryl methyl sites for hydroxylation is 1. The van der Waals surface area contributed by atoms with Crippen LogP contribution in [0.2, 0.25) is 0 Å². The van der Waals surface area contributed by atoms with E-state index in [0.717, 1.165) is 18.8 Å². The van der Waals surface area contributed by atoms with Crippen LogP contribution in [0, 0.1) is 12.3 Å². The van der Waals surface area contributed by atoms with Crippen molar-refractivity contribution in [3.8, 4) is 0 Å². The van der Waals surface area contributed by atoms with Crippen LogP contribution in [-0.2, 0) is 4.74 Å². The number of nitrogens with one attached hydrogen (secondary N) is 1. The number of methoxy groups -OCH3 is 1. The number of thiazole rings is 1. The Morgan fingerprint density at radius 2 is 2.19 bits per heavy atom. The Morgan fingerprint density at radius 3 is 2.62 bits per heavy atom. The van der Waals surface area contributed by atoms with Crippen LogP contribution in [0.15, 0.2) is 5.38 Å². The summed E-state index contributed by atoms with van der Waals surface area (Å²) in [4.78, 5) is 4.57. The highest BCUT2D eigenvalue weighted by molar-refractivity contribution is 7.09. The molecule has 3 nitrogen and oxygen atoms in total. The van der Waals surface area contributed by atoms with E-state index in [4.69, 9.17) is 4.74 Å². The van der Waals surface area contributed by atoms with Gasteiger partial charge in [-0.3, -0.25) is 0 Å². The molecule has 0 aliphatic heterocycles. The van der Waals surface area contributed by atoms with Gasteiger partial charge in [-0.25, -0.2) is 4.98 Å². The molecule has 0 bridgehead atoms. The molecule has 1 atom stereocenters. The summed E-state index contributed by atoms with van der Waals surface area (Å²) in [6, 6.07) is 0.293. The zero-order valence-corrected chi connectivity index (χ0v) is 11.6. The quantitative estimate of drug-likeness (QED) is 0.806. The summed E-state index contributed by atoms with van der Waals surface area (Å²) >= 11 is 1.73. The average molecular weight is 242 g/mol. The van der Waals surface area contributed by atoms with E-state index < -0.39 is 0 Å². The number of ether oxygens (including phenoxy) is 1. The van der Waals surface area contributed by atoms with Crippen molar-refractivity contribution in [3.63, 3.8) is 0 Å². The van der Waals surface area contributed by atoms with E-state index in [0.29, 0.717) is 6.04 Å². The molecule has 1 aromatic rings. The summed E-state index contributed by atoms with van der Waals surface area (Å²) in [7, 11) is 1.72. The van der Waals surface area contributed by atoms with Crippen LogP contribution in [0.3, 0.4) is 0 Å². The Morgan fingerprint density at radius 1 is 1.50 bits per heavy atom. The van der Waals surface area contributed by atoms with Crippen molar-refractivity contribution in [2.24, 2.45) is 5.41 Å².